The Balaban J connectivity index is 1.64. The van der Waals surface area contributed by atoms with Crippen molar-refractivity contribution in [1.29, 1.82) is 0 Å². The van der Waals surface area contributed by atoms with Crippen LogP contribution < -0.4 is 0 Å². The van der Waals surface area contributed by atoms with Crippen LogP contribution in [0, 0.1) is 0 Å². The highest BCUT2D eigenvalue weighted by molar-refractivity contribution is 6.28. The van der Waals surface area contributed by atoms with E-state index >= 15 is 0 Å². The van der Waals surface area contributed by atoms with Gasteiger partial charge < -0.3 is 9.64 Å². The van der Waals surface area contributed by atoms with Crippen molar-refractivity contribution in [2.45, 2.75) is 45.9 Å². The second-order valence-corrected chi connectivity index (χ2v) is 8.38. The molecule has 7 nitrogen and oxygen atoms in total. The molecule has 0 aliphatic carbocycles. The Labute approximate surface area is 170 Å². The maximum absolute atomic E-state index is 12.3. The van der Waals surface area contributed by atoms with Gasteiger partial charge in [0.2, 0.25) is 5.28 Å². The van der Waals surface area contributed by atoms with Crippen molar-refractivity contribution in [2.75, 3.05) is 19.6 Å². The minimum absolute atomic E-state index is 0.217. The molecule has 3 rings (SSSR count). The van der Waals surface area contributed by atoms with Crippen LogP contribution in [0.5, 0.6) is 0 Å². The molecule has 1 fully saturated rings. The first-order valence-corrected chi connectivity index (χ1v) is 9.74. The largest absolute Gasteiger partial charge is 0.444 e. The molecule has 28 heavy (non-hydrogen) atoms. The van der Waals surface area contributed by atoms with Gasteiger partial charge in [-0.25, -0.2) is 14.8 Å². The second kappa shape index (κ2) is 8.41. The molecule has 1 unspecified atom stereocenters. The topological polar surface area (TPSA) is 71.5 Å². The molecular formula is C20H26ClN5O2. The number of amides is 1. The summed E-state index contributed by atoms with van der Waals surface area (Å²) in [4.78, 5) is 28.9. The SMILES string of the molecule is CC1CN(C(=O)OC(C)(C)C)CCN1Cc1cncc(-c2ccnc(Cl)n2)c1. The number of halogens is 1. The summed E-state index contributed by atoms with van der Waals surface area (Å²) in [7, 11) is 0. The summed E-state index contributed by atoms with van der Waals surface area (Å²) in [5, 5.41) is 0.217. The van der Waals surface area contributed by atoms with Gasteiger partial charge in [0, 0.05) is 56.4 Å². The van der Waals surface area contributed by atoms with Gasteiger partial charge in [-0.1, -0.05) is 0 Å². The number of rotatable bonds is 3. The quantitative estimate of drug-likeness (QED) is 0.728. The first kappa shape index (κ1) is 20.5. The molecule has 0 radical (unpaired) electrons. The standard InChI is InChI=1S/C20H26ClN5O2/c1-14-12-26(19(27)28-20(2,3)4)8-7-25(14)13-15-9-16(11-22-10-15)17-5-6-23-18(21)24-17/h5-6,9-11,14H,7-8,12-13H2,1-4H3. The third kappa shape index (κ3) is 5.39. The summed E-state index contributed by atoms with van der Waals surface area (Å²) >= 11 is 5.90. The van der Waals surface area contributed by atoms with Gasteiger partial charge in [0.1, 0.15) is 5.60 Å². The zero-order valence-corrected chi connectivity index (χ0v) is 17.5. The average molecular weight is 404 g/mol. The molecular weight excluding hydrogens is 378 g/mol. The van der Waals surface area contributed by atoms with Gasteiger partial charge in [-0.15, -0.1) is 0 Å². The van der Waals surface area contributed by atoms with Crippen LogP contribution in [0.25, 0.3) is 11.3 Å². The lowest BCUT2D eigenvalue weighted by Crippen LogP contribution is -2.54. The zero-order valence-electron chi connectivity index (χ0n) is 16.7. The van der Waals surface area contributed by atoms with Gasteiger partial charge in [-0.3, -0.25) is 9.88 Å². The predicted octanol–water partition coefficient (Wildman–Crippen LogP) is 3.63. The van der Waals surface area contributed by atoms with E-state index in [9.17, 15) is 4.79 Å². The van der Waals surface area contributed by atoms with Crippen LogP contribution in [0.15, 0.2) is 30.7 Å². The number of carbonyl (C=O) groups excluding carboxylic acids is 1. The Bertz CT molecular complexity index is 839. The monoisotopic (exact) mass is 403 g/mol. The van der Waals surface area contributed by atoms with Gasteiger partial charge in [0.05, 0.1) is 5.69 Å². The van der Waals surface area contributed by atoms with Gasteiger partial charge in [0.15, 0.2) is 0 Å². The number of piperazine rings is 1. The first-order valence-electron chi connectivity index (χ1n) is 9.36. The molecule has 1 amide bonds. The molecule has 1 aliphatic heterocycles. The summed E-state index contributed by atoms with van der Waals surface area (Å²) in [6, 6.07) is 4.10. The molecule has 3 heterocycles. The van der Waals surface area contributed by atoms with E-state index in [1.807, 2.05) is 33.0 Å². The fourth-order valence-electron chi connectivity index (χ4n) is 3.17. The van der Waals surface area contributed by atoms with Crippen molar-refractivity contribution in [3.8, 4) is 11.3 Å². The van der Waals surface area contributed by atoms with E-state index in [1.54, 1.807) is 17.3 Å². The second-order valence-electron chi connectivity index (χ2n) is 8.04. The van der Waals surface area contributed by atoms with Crippen LogP contribution in [0.4, 0.5) is 4.79 Å². The van der Waals surface area contributed by atoms with Crippen LogP contribution in [0.3, 0.4) is 0 Å². The molecule has 1 saturated heterocycles. The Morgan fingerprint density at radius 3 is 2.79 bits per heavy atom. The summed E-state index contributed by atoms with van der Waals surface area (Å²) in [6.45, 7) is 10.6. The summed E-state index contributed by atoms with van der Waals surface area (Å²) in [5.74, 6) is 0. The lowest BCUT2D eigenvalue weighted by atomic mass is 10.1. The molecule has 1 aliphatic rings. The fraction of sp³-hybridized carbons (Fsp3) is 0.500. The van der Waals surface area contributed by atoms with E-state index in [2.05, 4.69) is 32.8 Å². The lowest BCUT2D eigenvalue weighted by Gasteiger charge is -2.40. The molecule has 0 spiro atoms. The van der Waals surface area contributed by atoms with E-state index < -0.39 is 5.60 Å². The smallest absolute Gasteiger partial charge is 0.410 e. The number of nitrogens with zero attached hydrogens (tertiary/aromatic N) is 5. The van der Waals surface area contributed by atoms with E-state index in [4.69, 9.17) is 16.3 Å². The number of pyridine rings is 1. The summed E-state index contributed by atoms with van der Waals surface area (Å²) < 4.78 is 5.49. The molecule has 150 valence electrons. The van der Waals surface area contributed by atoms with Crippen molar-refractivity contribution in [2.24, 2.45) is 0 Å². The number of hydrogen-bond acceptors (Lipinski definition) is 6. The normalized spacial score (nSPS) is 18.2. The van der Waals surface area contributed by atoms with Crippen molar-refractivity contribution in [1.82, 2.24) is 24.8 Å². The van der Waals surface area contributed by atoms with Crippen LogP contribution in [0.1, 0.15) is 33.3 Å². The minimum Gasteiger partial charge on any atom is -0.444 e. The summed E-state index contributed by atoms with van der Waals surface area (Å²) in [6.07, 6.45) is 5.02. The van der Waals surface area contributed by atoms with Crippen molar-refractivity contribution < 1.29 is 9.53 Å². The summed E-state index contributed by atoms with van der Waals surface area (Å²) in [5.41, 5.74) is 2.26. The van der Waals surface area contributed by atoms with Crippen LogP contribution in [0.2, 0.25) is 5.28 Å². The Kier molecular flexibility index (Phi) is 6.15. The number of carbonyl (C=O) groups is 1. The highest BCUT2D eigenvalue weighted by Crippen LogP contribution is 2.21. The molecule has 2 aromatic rings. The van der Waals surface area contributed by atoms with Gasteiger partial charge in [0.25, 0.3) is 0 Å². The Morgan fingerprint density at radius 1 is 1.32 bits per heavy atom. The van der Waals surface area contributed by atoms with Crippen molar-refractivity contribution in [3.63, 3.8) is 0 Å². The van der Waals surface area contributed by atoms with E-state index in [0.717, 1.165) is 29.9 Å². The van der Waals surface area contributed by atoms with Crippen LogP contribution in [-0.2, 0) is 11.3 Å². The molecule has 2 aromatic heterocycles. The predicted molar refractivity (Wildman–Crippen MR) is 108 cm³/mol. The molecule has 0 aromatic carbocycles. The average Bonchev–Trinajstić information content (AvgIpc) is 2.62. The molecule has 1 atom stereocenters. The Hall–Kier alpha value is -2.25. The zero-order chi connectivity index (χ0) is 20.3. The third-order valence-electron chi connectivity index (χ3n) is 4.52. The molecule has 8 heteroatoms. The maximum Gasteiger partial charge on any atom is 0.410 e. The molecule has 0 N–H and O–H groups in total. The van der Waals surface area contributed by atoms with Gasteiger partial charge in [-0.05, 0) is 57.0 Å². The highest BCUT2D eigenvalue weighted by Gasteiger charge is 2.29. The third-order valence-corrected chi connectivity index (χ3v) is 4.70. The van der Waals surface area contributed by atoms with E-state index in [0.29, 0.717) is 13.1 Å². The number of aromatic nitrogens is 3. The van der Waals surface area contributed by atoms with Crippen molar-refractivity contribution >= 4 is 17.7 Å². The van der Waals surface area contributed by atoms with Gasteiger partial charge >= 0.3 is 6.09 Å². The van der Waals surface area contributed by atoms with Gasteiger partial charge in [-0.2, -0.15) is 0 Å². The van der Waals surface area contributed by atoms with E-state index in [-0.39, 0.29) is 17.4 Å². The molecule has 0 bridgehead atoms. The van der Waals surface area contributed by atoms with Crippen LogP contribution >= 0.6 is 11.6 Å². The van der Waals surface area contributed by atoms with Crippen LogP contribution in [-0.4, -0.2) is 62.1 Å². The Morgan fingerprint density at radius 2 is 2.11 bits per heavy atom. The minimum atomic E-state index is -0.479. The fourth-order valence-corrected chi connectivity index (χ4v) is 3.31. The van der Waals surface area contributed by atoms with Crippen molar-refractivity contribution in [3.05, 3.63) is 41.6 Å². The molecule has 0 saturated carbocycles. The number of hydrogen-bond donors (Lipinski definition) is 0. The lowest BCUT2D eigenvalue weighted by molar-refractivity contribution is 0.00460. The highest BCUT2D eigenvalue weighted by atomic mass is 35.5. The number of ether oxygens (including phenoxy) is 1. The van der Waals surface area contributed by atoms with E-state index in [1.165, 1.54) is 0 Å². The first-order chi connectivity index (χ1) is 13.2. The maximum atomic E-state index is 12.3.